The van der Waals surface area contributed by atoms with Crippen molar-refractivity contribution in [2.75, 3.05) is 49.5 Å². The molecule has 356 valence electrons. The van der Waals surface area contributed by atoms with Crippen molar-refractivity contribution < 1.29 is 10.2 Å². The largest absolute Gasteiger partial charge is 0.508 e. The maximum Gasteiger partial charge on any atom is 0.224 e. The molecule has 0 unspecified atom stereocenters. The van der Waals surface area contributed by atoms with Gasteiger partial charge in [-0.3, -0.25) is 0 Å². The summed E-state index contributed by atoms with van der Waals surface area (Å²) in [5, 5.41) is 18.7. The van der Waals surface area contributed by atoms with E-state index in [0.29, 0.717) is 11.6 Å². The molecule has 6 N–H and O–H groups in total. The molecule has 0 aliphatic rings. The first-order valence-corrected chi connectivity index (χ1v) is 22.7. The lowest BCUT2D eigenvalue weighted by Crippen LogP contribution is -2.12. The summed E-state index contributed by atoms with van der Waals surface area (Å²) < 4.78 is 0. The van der Waals surface area contributed by atoms with E-state index in [4.69, 9.17) is 11.5 Å². The fourth-order valence-electron chi connectivity index (χ4n) is 6.30. The molecule has 8 rings (SSSR count). The molecule has 0 aliphatic heterocycles. The molecule has 3 aromatic heterocycles. The summed E-state index contributed by atoms with van der Waals surface area (Å²) in [4.78, 5) is 20.7. The molecule has 5 aromatic carbocycles. The van der Waals surface area contributed by atoms with Crippen LogP contribution in [0.3, 0.4) is 0 Å². The molecule has 0 fully saturated rings. The second-order valence-electron chi connectivity index (χ2n) is 17.1. The van der Waals surface area contributed by atoms with Crippen molar-refractivity contribution in [3.63, 3.8) is 0 Å². The highest BCUT2D eigenvalue weighted by atomic mass is 16.3. The number of phenols is 2. The quantitative estimate of drug-likeness (QED) is 0.0976. The fourth-order valence-corrected chi connectivity index (χ4v) is 6.30. The van der Waals surface area contributed by atoms with E-state index in [1.807, 2.05) is 124 Å². The highest BCUT2D eigenvalue weighted by Crippen LogP contribution is 2.22. The lowest BCUT2D eigenvalue weighted by atomic mass is 10.1. The summed E-state index contributed by atoms with van der Waals surface area (Å²) in [6.45, 7) is 8.29. The van der Waals surface area contributed by atoms with Gasteiger partial charge in [0.2, 0.25) is 5.95 Å². The number of aromatic hydroxyl groups is 2. The molecule has 70 heavy (non-hydrogen) atoms. The Kier molecular flexibility index (Phi) is 19.8. The lowest BCUT2D eigenvalue weighted by Gasteiger charge is -2.10. The Morgan fingerprint density at radius 3 is 1.01 bits per heavy atom. The maximum atomic E-state index is 9.33. The van der Waals surface area contributed by atoms with Gasteiger partial charge in [0.05, 0.1) is 0 Å². The van der Waals surface area contributed by atoms with Gasteiger partial charge in [-0.05, 0) is 103 Å². The minimum Gasteiger partial charge on any atom is -0.508 e. The van der Waals surface area contributed by atoms with Crippen molar-refractivity contribution >= 4 is 72.0 Å². The van der Waals surface area contributed by atoms with Crippen LogP contribution in [0.2, 0.25) is 0 Å². The average Bonchev–Trinajstić information content (AvgIpc) is 3.34. The number of hydrogen-bond donors (Lipinski definition) is 4. The third kappa shape index (κ3) is 18.9. The zero-order chi connectivity index (χ0) is 50.4. The number of aryl methyl sites for hydroxylation is 4. The highest BCUT2D eigenvalue weighted by molar-refractivity contribution is 5.73. The minimum absolute atomic E-state index is 0.0635. The maximum absolute atomic E-state index is 9.33. The Morgan fingerprint density at radius 2 is 0.671 bits per heavy atom. The molecule has 8 aromatic rings. The number of phenolic OH excluding ortho intramolecular Hbond substituents is 2. The number of aromatic nitrogens is 4. The Balaban J connectivity index is 0.000000174. The molecule has 0 radical (unpaired) electrons. The van der Waals surface area contributed by atoms with E-state index in [2.05, 4.69) is 138 Å². The summed E-state index contributed by atoms with van der Waals surface area (Å²) in [6, 6.07) is 45.5. The van der Waals surface area contributed by atoms with E-state index < -0.39 is 0 Å². The first-order valence-electron chi connectivity index (χ1n) is 22.7. The van der Waals surface area contributed by atoms with E-state index in [1.54, 1.807) is 24.3 Å². The van der Waals surface area contributed by atoms with Crippen LogP contribution >= 0.6 is 0 Å². The van der Waals surface area contributed by atoms with Gasteiger partial charge in [-0.25, -0.2) is 19.9 Å². The van der Waals surface area contributed by atoms with Crippen molar-refractivity contribution in [2.45, 2.75) is 27.7 Å². The van der Waals surface area contributed by atoms with Gasteiger partial charge in [0.25, 0.3) is 0 Å². The number of nitrogen functional groups attached to an aromatic ring is 2. The van der Waals surface area contributed by atoms with Crippen LogP contribution in [-0.4, -0.2) is 58.3 Å². The van der Waals surface area contributed by atoms with Gasteiger partial charge in [0.1, 0.15) is 29.0 Å². The van der Waals surface area contributed by atoms with E-state index in [9.17, 15) is 10.2 Å². The molecule has 3 heterocycles. The molecule has 0 saturated heterocycles. The Hall–Kier alpha value is -8.76. The summed E-state index contributed by atoms with van der Waals surface area (Å²) in [5.41, 5.74) is 24.7. The van der Waals surface area contributed by atoms with E-state index in [-0.39, 0.29) is 11.5 Å². The van der Waals surface area contributed by atoms with Gasteiger partial charge in [0.15, 0.2) is 0 Å². The first-order chi connectivity index (χ1) is 33.6. The third-order valence-corrected chi connectivity index (χ3v) is 10.3. The van der Waals surface area contributed by atoms with Crippen LogP contribution in [0.1, 0.15) is 66.8 Å². The monoisotopic (exact) mass is 929 g/mol. The number of anilines is 4. The van der Waals surface area contributed by atoms with Gasteiger partial charge in [0, 0.05) is 58.4 Å². The molecule has 0 amide bonds. The van der Waals surface area contributed by atoms with Gasteiger partial charge in [-0.2, -0.15) is 0 Å². The molecule has 10 heteroatoms. The second-order valence-corrected chi connectivity index (χ2v) is 17.1. The fraction of sp³-hybridized carbons (Fsp3) is 0.133. The highest BCUT2D eigenvalue weighted by Gasteiger charge is 2.00. The molecule has 0 saturated carbocycles. The first kappa shape index (κ1) is 52.2. The van der Waals surface area contributed by atoms with Crippen molar-refractivity contribution in [1.29, 1.82) is 0 Å². The smallest absolute Gasteiger partial charge is 0.224 e. The van der Waals surface area contributed by atoms with Crippen LogP contribution in [0.4, 0.5) is 23.4 Å². The molecule has 0 bridgehead atoms. The Bertz CT molecular complexity index is 2710. The van der Waals surface area contributed by atoms with Crippen LogP contribution in [0, 0.1) is 27.7 Å². The van der Waals surface area contributed by atoms with Crippen LogP contribution in [0.5, 0.6) is 11.5 Å². The van der Waals surface area contributed by atoms with E-state index in [1.165, 1.54) is 39.4 Å². The number of rotatable bonds is 10. The number of pyridine rings is 2. The van der Waals surface area contributed by atoms with Crippen LogP contribution in [0.15, 0.2) is 158 Å². The van der Waals surface area contributed by atoms with E-state index >= 15 is 0 Å². The topological polar surface area (TPSA) is 151 Å². The van der Waals surface area contributed by atoms with Crippen LogP contribution in [-0.2, 0) is 0 Å². The standard InChI is InChI=1S/C16H18N2.C15H17N3.C15H14O2.C14H15N3/c1-13-4-6-14(7-5-13)8-9-15-10-11-16(17-12-15)18(2)3;1-12-4-6-13(7-5-12)8-9-14-10-16-15(17-11-14)18(2)3;1-11-2-4-12(5-3-11)6-7-13-8-14(16)10-15(17)9-13;1-10-2-4-11(5-3-10)6-7-12-8-13(15)17-14(16)9-12/h4-12H,1-3H3;4-11H,1-3H3;2-10,16-17H,1H3;2-9H,1H3,(H4,15,16,17)/b2*9-8+;2*7-6+. The Morgan fingerprint density at radius 1 is 0.357 bits per heavy atom. The molecule has 0 atom stereocenters. The normalized spacial score (nSPS) is 10.9. The lowest BCUT2D eigenvalue weighted by molar-refractivity contribution is 0.450. The molecule has 0 aliphatic carbocycles. The van der Waals surface area contributed by atoms with Crippen LogP contribution < -0.4 is 21.3 Å². The zero-order valence-corrected chi connectivity index (χ0v) is 41.4. The van der Waals surface area contributed by atoms with Gasteiger partial charge in [-0.1, -0.05) is 168 Å². The van der Waals surface area contributed by atoms with Gasteiger partial charge < -0.3 is 31.5 Å². The zero-order valence-electron chi connectivity index (χ0n) is 41.4. The number of nitrogens with two attached hydrogens (primary N) is 2. The van der Waals surface area contributed by atoms with Crippen LogP contribution in [0.25, 0.3) is 48.6 Å². The summed E-state index contributed by atoms with van der Waals surface area (Å²) in [7, 11) is 7.84. The summed E-state index contributed by atoms with van der Waals surface area (Å²) in [6.07, 6.45) is 21.6. The molecular formula is C60H64N8O2. The number of benzene rings is 5. The average molecular weight is 929 g/mol. The van der Waals surface area contributed by atoms with Crippen molar-refractivity contribution in [3.05, 3.63) is 225 Å². The van der Waals surface area contributed by atoms with Gasteiger partial charge in [-0.15, -0.1) is 0 Å². The predicted octanol–water partition coefficient (Wildman–Crippen LogP) is 12.9. The summed E-state index contributed by atoms with van der Waals surface area (Å²) >= 11 is 0. The number of hydrogen-bond acceptors (Lipinski definition) is 10. The SMILES string of the molecule is Cc1ccc(/C=C/c2cc(N)nc(N)c2)cc1.Cc1ccc(/C=C/c2cc(O)cc(O)c2)cc1.Cc1ccc(/C=C/c2ccc(N(C)C)nc2)cc1.Cc1ccc(/C=C/c2cnc(N(C)C)nc2)cc1. The third-order valence-electron chi connectivity index (χ3n) is 10.3. The molecular weight excluding hydrogens is 865 g/mol. The summed E-state index contributed by atoms with van der Waals surface area (Å²) in [5.74, 6) is 2.70. The number of nitrogens with zero attached hydrogens (tertiary/aromatic N) is 6. The molecule has 10 nitrogen and oxygen atoms in total. The predicted molar refractivity (Wildman–Crippen MR) is 298 cm³/mol. The van der Waals surface area contributed by atoms with Crippen molar-refractivity contribution in [3.8, 4) is 11.5 Å². The second kappa shape index (κ2) is 26.5. The van der Waals surface area contributed by atoms with E-state index in [0.717, 1.165) is 45.1 Å². The van der Waals surface area contributed by atoms with Crippen molar-refractivity contribution in [1.82, 2.24) is 19.9 Å². The van der Waals surface area contributed by atoms with Crippen molar-refractivity contribution in [2.24, 2.45) is 0 Å². The van der Waals surface area contributed by atoms with Gasteiger partial charge >= 0.3 is 0 Å². The minimum atomic E-state index is 0.0635. The Labute approximate surface area is 414 Å². The molecule has 0 spiro atoms.